The zero-order valence-corrected chi connectivity index (χ0v) is 15.4. The summed E-state index contributed by atoms with van der Waals surface area (Å²) in [5, 5.41) is 29.4. The molecule has 0 aliphatic carbocycles. The molecule has 29 heavy (non-hydrogen) atoms. The van der Waals surface area contributed by atoms with Gasteiger partial charge in [0, 0.05) is 16.6 Å². The summed E-state index contributed by atoms with van der Waals surface area (Å²) in [5.41, 5.74) is 6.25. The number of carboxylic acid groups (broad SMARTS) is 1. The first-order valence-corrected chi connectivity index (χ1v) is 8.42. The number of hydrogen-bond donors (Lipinski definition) is 3. The monoisotopic (exact) mass is 403 g/mol. The first kappa shape index (κ1) is 20.1. The first-order chi connectivity index (χ1) is 13.5. The summed E-state index contributed by atoms with van der Waals surface area (Å²) in [7, 11) is 0. The van der Waals surface area contributed by atoms with Crippen LogP contribution >= 0.6 is 0 Å². The molecule has 3 rings (SSSR count). The Morgan fingerprint density at radius 3 is 2.52 bits per heavy atom. The maximum Gasteiger partial charge on any atom is 0.406 e. The van der Waals surface area contributed by atoms with E-state index in [9.17, 15) is 33.4 Å². The molecule has 4 N–H and O–H groups in total. The highest BCUT2D eigenvalue weighted by Crippen LogP contribution is 2.43. The number of nitrogens with two attached hydrogens (primary N) is 1. The Hall–Kier alpha value is -3.67. The lowest BCUT2D eigenvalue weighted by atomic mass is 9.91. The number of phenolic OH excluding ortho intramolecular Hbond substituents is 1. The summed E-state index contributed by atoms with van der Waals surface area (Å²) in [6.07, 6.45) is -4.59. The van der Waals surface area contributed by atoms with Gasteiger partial charge in [-0.1, -0.05) is 12.1 Å². The first-order valence-electron chi connectivity index (χ1n) is 8.42. The largest absolute Gasteiger partial charge is 0.508 e. The van der Waals surface area contributed by atoms with E-state index in [0.29, 0.717) is 11.1 Å². The van der Waals surface area contributed by atoms with E-state index in [4.69, 9.17) is 5.73 Å². The molecule has 0 bridgehead atoms. The molecular formula is C20H16F3N3O3. The van der Waals surface area contributed by atoms with Gasteiger partial charge in [-0.25, -0.2) is 4.79 Å². The fourth-order valence-electron chi connectivity index (χ4n) is 3.52. The van der Waals surface area contributed by atoms with E-state index < -0.39 is 18.7 Å². The van der Waals surface area contributed by atoms with E-state index in [1.807, 2.05) is 6.07 Å². The van der Waals surface area contributed by atoms with Crippen LogP contribution in [0.5, 0.6) is 5.75 Å². The standard InChI is InChI=1S/C20H16F3N3O3/c1-9-11(4-3-5-15(9)27)17-16-13(7-24)10(2)26(8-20(21,22)23)14(16)6-12(18(17)25)19(28)29/h3-6,27H,8,25H2,1-2H3,(H,28,29). The Labute approximate surface area is 163 Å². The second-order valence-electron chi connectivity index (χ2n) is 6.64. The van der Waals surface area contributed by atoms with E-state index in [1.165, 1.54) is 19.1 Å². The van der Waals surface area contributed by atoms with Crippen LogP contribution in [0, 0.1) is 25.2 Å². The molecule has 0 radical (unpaired) electrons. The maximum atomic E-state index is 13.2. The number of nitrogens with zero attached hydrogens (tertiary/aromatic N) is 2. The Balaban J connectivity index is 2.59. The van der Waals surface area contributed by atoms with Crippen molar-refractivity contribution in [2.75, 3.05) is 5.73 Å². The van der Waals surface area contributed by atoms with Crippen molar-refractivity contribution in [1.29, 1.82) is 5.26 Å². The van der Waals surface area contributed by atoms with Crippen LogP contribution in [0.4, 0.5) is 18.9 Å². The minimum atomic E-state index is -4.59. The highest BCUT2D eigenvalue weighted by atomic mass is 19.4. The average molecular weight is 403 g/mol. The summed E-state index contributed by atoms with van der Waals surface area (Å²) in [5.74, 6) is -1.51. The molecule has 0 aliphatic rings. The van der Waals surface area contributed by atoms with Gasteiger partial charge in [-0.05, 0) is 37.1 Å². The van der Waals surface area contributed by atoms with Gasteiger partial charge in [0.2, 0.25) is 0 Å². The average Bonchev–Trinajstić information content (AvgIpc) is 2.87. The number of carbonyl (C=O) groups is 1. The number of benzene rings is 2. The zero-order chi connectivity index (χ0) is 21.7. The number of hydrogen-bond acceptors (Lipinski definition) is 4. The number of phenols is 1. The van der Waals surface area contributed by atoms with Gasteiger partial charge >= 0.3 is 12.1 Å². The maximum absolute atomic E-state index is 13.2. The van der Waals surface area contributed by atoms with Gasteiger partial charge in [-0.3, -0.25) is 0 Å². The van der Waals surface area contributed by atoms with Crippen LogP contribution in [-0.4, -0.2) is 26.9 Å². The topological polar surface area (TPSA) is 112 Å². The molecule has 2 aromatic carbocycles. The van der Waals surface area contributed by atoms with E-state index in [1.54, 1.807) is 13.0 Å². The Bertz CT molecular complexity index is 1200. The normalized spacial score (nSPS) is 11.6. The van der Waals surface area contributed by atoms with Crippen LogP contribution in [-0.2, 0) is 6.54 Å². The van der Waals surface area contributed by atoms with Gasteiger partial charge < -0.3 is 20.5 Å². The summed E-state index contributed by atoms with van der Waals surface area (Å²) in [6.45, 7) is 1.54. The van der Waals surface area contributed by atoms with Gasteiger partial charge in [0.05, 0.1) is 22.3 Å². The molecule has 0 aliphatic heterocycles. The molecule has 0 amide bonds. The van der Waals surface area contributed by atoms with E-state index in [0.717, 1.165) is 10.6 Å². The highest BCUT2D eigenvalue weighted by Gasteiger charge is 2.32. The number of anilines is 1. The molecule has 0 fully saturated rings. The predicted molar refractivity (Wildman–Crippen MR) is 101 cm³/mol. The van der Waals surface area contributed by atoms with Crippen LogP contribution in [0.2, 0.25) is 0 Å². The number of rotatable bonds is 3. The number of fused-ring (bicyclic) bond motifs is 1. The number of halogens is 3. The summed E-state index contributed by atoms with van der Waals surface area (Å²) in [4.78, 5) is 11.7. The molecule has 0 saturated carbocycles. The summed E-state index contributed by atoms with van der Waals surface area (Å²) in [6, 6.07) is 7.44. The van der Waals surface area contributed by atoms with Crippen molar-refractivity contribution in [3.05, 3.63) is 46.6 Å². The van der Waals surface area contributed by atoms with Gasteiger partial charge in [0.25, 0.3) is 0 Å². The van der Waals surface area contributed by atoms with Gasteiger partial charge in [0.15, 0.2) is 0 Å². The van der Waals surface area contributed by atoms with E-state index in [-0.39, 0.29) is 44.7 Å². The zero-order valence-electron chi connectivity index (χ0n) is 15.4. The molecule has 3 aromatic rings. The number of nitriles is 1. The van der Waals surface area contributed by atoms with Gasteiger partial charge in [-0.15, -0.1) is 0 Å². The Morgan fingerprint density at radius 2 is 1.97 bits per heavy atom. The van der Waals surface area contributed by atoms with E-state index in [2.05, 4.69) is 0 Å². The number of aromatic hydroxyl groups is 1. The number of carboxylic acids is 1. The molecular weight excluding hydrogens is 387 g/mol. The van der Waals surface area contributed by atoms with E-state index >= 15 is 0 Å². The second-order valence-corrected chi connectivity index (χ2v) is 6.64. The highest BCUT2D eigenvalue weighted by molar-refractivity contribution is 6.12. The smallest absolute Gasteiger partial charge is 0.406 e. The fraction of sp³-hybridized carbons (Fsp3) is 0.200. The molecule has 0 saturated heterocycles. The quantitative estimate of drug-likeness (QED) is 0.563. The van der Waals surface area contributed by atoms with Crippen LogP contribution in [0.3, 0.4) is 0 Å². The summed E-state index contributed by atoms with van der Waals surface area (Å²) >= 11 is 0. The van der Waals surface area contributed by atoms with Crippen LogP contribution in [0.25, 0.3) is 22.0 Å². The second kappa shape index (κ2) is 6.74. The van der Waals surface area contributed by atoms with Gasteiger partial charge in [0.1, 0.15) is 18.4 Å². The lowest BCUT2D eigenvalue weighted by Gasteiger charge is -2.16. The molecule has 1 aromatic heterocycles. The number of nitrogen functional groups attached to an aromatic ring is 1. The molecule has 0 atom stereocenters. The number of alkyl halides is 3. The van der Waals surface area contributed by atoms with Crippen LogP contribution in [0.1, 0.15) is 27.2 Å². The molecule has 0 unspecified atom stereocenters. The lowest BCUT2D eigenvalue weighted by Crippen LogP contribution is -2.18. The predicted octanol–water partition coefficient (Wildman–Crippen LogP) is 4.35. The van der Waals surface area contributed by atoms with Crippen molar-refractivity contribution in [3.63, 3.8) is 0 Å². The Morgan fingerprint density at radius 1 is 1.31 bits per heavy atom. The third-order valence-corrected chi connectivity index (χ3v) is 4.91. The van der Waals surface area contributed by atoms with Crippen molar-refractivity contribution in [1.82, 2.24) is 4.57 Å². The van der Waals surface area contributed by atoms with Crippen LogP contribution < -0.4 is 5.73 Å². The van der Waals surface area contributed by atoms with Crippen molar-refractivity contribution >= 4 is 22.6 Å². The molecule has 150 valence electrons. The summed E-state index contributed by atoms with van der Waals surface area (Å²) < 4.78 is 40.4. The van der Waals surface area contributed by atoms with Crippen molar-refractivity contribution < 1.29 is 28.2 Å². The lowest BCUT2D eigenvalue weighted by molar-refractivity contribution is -0.140. The number of aromatic carboxylic acids is 1. The molecule has 9 heteroatoms. The van der Waals surface area contributed by atoms with Crippen molar-refractivity contribution in [2.45, 2.75) is 26.6 Å². The SMILES string of the molecule is Cc1c(O)cccc1-c1c(N)c(C(=O)O)cc2c1c(C#N)c(C)n2CC(F)(F)F. The third-order valence-electron chi connectivity index (χ3n) is 4.91. The third kappa shape index (κ3) is 3.23. The number of aromatic nitrogens is 1. The molecule has 6 nitrogen and oxygen atoms in total. The Kier molecular flexibility index (Phi) is 4.66. The van der Waals surface area contributed by atoms with Gasteiger partial charge in [-0.2, -0.15) is 18.4 Å². The van der Waals surface area contributed by atoms with Crippen LogP contribution in [0.15, 0.2) is 24.3 Å². The molecule has 0 spiro atoms. The minimum absolute atomic E-state index is 0.0365. The molecule has 1 heterocycles. The van der Waals surface area contributed by atoms with Crippen molar-refractivity contribution in [3.8, 4) is 22.9 Å². The fourth-order valence-corrected chi connectivity index (χ4v) is 3.52. The van der Waals surface area contributed by atoms with Crippen molar-refractivity contribution in [2.24, 2.45) is 0 Å². The minimum Gasteiger partial charge on any atom is -0.508 e.